The molecule has 2 unspecified atom stereocenters. The third-order valence-electron chi connectivity index (χ3n) is 19.0. The van der Waals surface area contributed by atoms with Crippen molar-refractivity contribution in [3.8, 4) is 11.8 Å². The van der Waals surface area contributed by atoms with Gasteiger partial charge in [0.1, 0.15) is 15.0 Å². The molecule has 6 nitrogen and oxygen atoms in total. The van der Waals surface area contributed by atoms with Crippen LogP contribution < -0.4 is 35.2 Å². The first-order valence-corrected chi connectivity index (χ1v) is 45.8. The minimum absolute atomic E-state index is 0. The van der Waals surface area contributed by atoms with E-state index in [9.17, 15) is 8.96 Å². The van der Waals surface area contributed by atoms with Gasteiger partial charge in [0.2, 0.25) is 0 Å². The number of nitrogens with zero attached hydrogens (tertiary/aromatic N) is 3. The summed E-state index contributed by atoms with van der Waals surface area (Å²) in [5.41, 5.74) is 12.1. The third-order valence-corrected chi connectivity index (χ3v) is 33.4. The van der Waals surface area contributed by atoms with Crippen LogP contribution in [0.5, 0.6) is 0 Å². The molecule has 8 aromatic heterocycles. The van der Waals surface area contributed by atoms with Crippen LogP contribution in [0.1, 0.15) is 52.9 Å². The molecule has 0 fully saturated rings. The number of anilines is 9. The van der Waals surface area contributed by atoms with Crippen molar-refractivity contribution < 1.29 is 61.6 Å². The van der Waals surface area contributed by atoms with Gasteiger partial charge in [-0.3, -0.25) is 4.39 Å². The Morgan fingerprint density at radius 2 is 0.761 bits per heavy atom. The number of thiophene rings is 8. The predicted molar refractivity (Wildman–Crippen MR) is 486 cm³/mol. The van der Waals surface area contributed by atoms with Gasteiger partial charge < -0.3 is 19.3 Å². The monoisotopic (exact) mass is 1840 g/mol. The van der Waals surface area contributed by atoms with Crippen LogP contribution in [0.15, 0.2) is 322 Å². The third kappa shape index (κ3) is 16.6. The number of aryl methyl sites for hydroxylation is 5. The van der Waals surface area contributed by atoms with Crippen molar-refractivity contribution in [2.45, 2.75) is 34.6 Å². The van der Waals surface area contributed by atoms with Crippen LogP contribution in [-0.2, 0) is 55.8 Å². The summed E-state index contributed by atoms with van der Waals surface area (Å²) in [6, 6.07) is 112. The summed E-state index contributed by atoms with van der Waals surface area (Å²) < 4.78 is 61.7. The standard InChI is InChI=1S/C52H37N2OPS4.C25H21NS2.C16H10OPS2.CH3F.2Ag.O/c1-34-42(32-45(57-34)53(36-20-8-3-9-21-36)37-22-10-4-11-23-37)47-48(43-33-46(58-35(43)2)54(38-24-12-5-13-25-38)39-26-14-6-15-27-39)56(55,40-28-16-7-17-29-40)49-51(47)60-50-41-30-18-19-31-44(41)59-52(49)50;1-18-16-21(19(2)27-18)14-15-22-17-25(28-20(22)3)26(23-10-6-4-7-11-23)24-12-8-5-9-13-24;17-18(11-6-2-1-3-7-11)15-10-14-16(20-15)12-8-4-5-9-13(12)19-14;1-2;;;/h3-33H,1-2H3;4-13,16-17H,1-3H3;1-10H;1H3;;;/q;;+1;;;;/i;;;1D;;;. The van der Waals surface area contributed by atoms with Gasteiger partial charge in [-0.15, -0.1) is 79.4 Å². The molecule has 0 saturated heterocycles. The predicted octanol–water partition coefficient (Wildman–Crippen LogP) is 29.0. The summed E-state index contributed by atoms with van der Waals surface area (Å²) in [6.07, 6.45) is 0. The maximum absolute atomic E-state index is 17.2. The molecule has 0 aliphatic carbocycles. The van der Waals surface area contributed by atoms with E-state index in [1.54, 1.807) is 100 Å². The minimum atomic E-state index is -3.48. The van der Waals surface area contributed by atoms with Gasteiger partial charge in [-0.1, -0.05) is 222 Å². The maximum atomic E-state index is 17.2. The van der Waals surface area contributed by atoms with Crippen molar-refractivity contribution in [1.29, 1.82) is 0 Å². The topological polar surface area (TPSA) is 60.9 Å². The summed E-state index contributed by atoms with van der Waals surface area (Å²) >= 11 is 15.9. The second kappa shape index (κ2) is 36.7. The van der Waals surface area contributed by atoms with Crippen LogP contribution >= 0.6 is 106 Å². The fourth-order valence-electron chi connectivity index (χ4n) is 14.0. The van der Waals surface area contributed by atoms with Gasteiger partial charge in [-0.2, -0.15) is 0 Å². The number of fused-ring (bicyclic) bond motifs is 8. The van der Waals surface area contributed by atoms with Crippen LogP contribution in [0.25, 0.3) is 49.9 Å². The van der Waals surface area contributed by atoms with Crippen LogP contribution in [-0.4, -0.2) is 7.15 Å². The van der Waals surface area contributed by atoms with Crippen molar-refractivity contribution >= 4 is 225 Å². The fraction of sp³-hybridized carbons (Fsp3) is 0.0638. The molecular formula is C94H71Ag2FN3O3P2S8+. The Kier molecular flexibility index (Phi) is 25.8. The SMILES string of the molecule is Cc1cc(C#Cc2cc(N(c3ccccc3)c3ccccc3)sc2C)c(C)s1.Cc1sc(N(c2ccccc2)c2ccccc2)cc1C1=C(c2cc(N(c3ccccc3)c3ccccc3)sc2C)P(=O)(c2ccccc2)c2c1sc1c2sc2ccccc21.O=[P+](c1ccccc1)c1cc2sc3ccccc3c2s1.[2H]CF.[Ag].[O]=[Ag]. The molecule has 18 aromatic rings. The summed E-state index contributed by atoms with van der Waals surface area (Å²) in [4.78, 5) is 14.3. The molecule has 566 valence electrons. The van der Waals surface area contributed by atoms with Crippen molar-refractivity contribution in [2.24, 2.45) is 0 Å². The molecule has 0 amide bonds. The number of hydrogen-bond donors (Lipinski definition) is 0. The number of benzene rings is 10. The van der Waals surface area contributed by atoms with Gasteiger partial charge in [-0.25, -0.2) is 0 Å². The zero-order valence-electron chi connectivity index (χ0n) is 62.5. The molecule has 19 rings (SSSR count). The van der Waals surface area contributed by atoms with Crippen molar-refractivity contribution in [3.05, 3.63) is 373 Å². The number of halogens is 1. The van der Waals surface area contributed by atoms with Gasteiger partial charge in [-0.05, 0) is 162 Å². The van der Waals surface area contributed by atoms with Gasteiger partial charge in [0.15, 0.2) is 12.4 Å². The molecule has 1 radical (unpaired) electrons. The molecule has 0 spiro atoms. The quantitative estimate of drug-likeness (QED) is 0.0614. The van der Waals surface area contributed by atoms with Crippen molar-refractivity contribution in [3.63, 3.8) is 0 Å². The van der Waals surface area contributed by atoms with Gasteiger partial charge in [0, 0.05) is 145 Å². The molecule has 10 aromatic carbocycles. The van der Waals surface area contributed by atoms with Crippen LogP contribution in [0.4, 0.5) is 53.5 Å². The van der Waals surface area contributed by atoms with Gasteiger partial charge in [0.25, 0.3) is 4.62 Å². The van der Waals surface area contributed by atoms with Gasteiger partial charge >= 0.3 is 32.1 Å². The summed E-state index contributed by atoms with van der Waals surface area (Å²) in [7, 11) is -5.95. The summed E-state index contributed by atoms with van der Waals surface area (Å²) in [6.45, 7) is 10.9. The first-order valence-electron chi connectivity index (χ1n) is 36.4. The van der Waals surface area contributed by atoms with Crippen molar-refractivity contribution in [1.82, 2.24) is 0 Å². The van der Waals surface area contributed by atoms with Crippen LogP contribution in [0, 0.1) is 46.5 Å². The average molecular weight is 1840 g/mol. The van der Waals surface area contributed by atoms with E-state index in [4.69, 9.17) is 4.62 Å². The molecule has 1 aliphatic heterocycles. The second-order valence-electron chi connectivity index (χ2n) is 26.0. The first kappa shape index (κ1) is 79.3. The van der Waals surface area contributed by atoms with Crippen LogP contribution in [0.2, 0.25) is 0 Å². The van der Waals surface area contributed by atoms with E-state index in [0.717, 1.165) is 112 Å². The summed E-state index contributed by atoms with van der Waals surface area (Å²) in [5, 5.41) is 9.58. The molecule has 1 aliphatic rings. The molecule has 19 heteroatoms. The first-order chi connectivity index (χ1) is 55.3. The molecular weight excluding hydrogens is 1770 g/mol. The summed E-state index contributed by atoms with van der Waals surface area (Å²) in [5.74, 6) is 6.77. The average Bonchev–Trinajstić information content (AvgIpc) is 1.51. The Labute approximate surface area is 720 Å². The zero-order valence-corrected chi connectivity index (χ0v) is 72.8. The van der Waals surface area contributed by atoms with E-state index in [1.165, 1.54) is 58.8 Å². The fourth-order valence-corrected chi connectivity index (χ4v) is 29.4. The molecule has 113 heavy (non-hydrogen) atoms. The molecule has 2 atom stereocenters. The number of alkyl halides is 1. The van der Waals surface area contributed by atoms with E-state index in [2.05, 4.69) is 334 Å². The van der Waals surface area contributed by atoms with E-state index >= 15 is 4.57 Å². The Bertz CT molecular complexity index is 6400. The second-order valence-corrected chi connectivity index (χ2v) is 39.9. The molecule has 0 saturated carbocycles. The Morgan fingerprint density at radius 3 is 1.22 bits per heavy atom. The van der Waals surface area contributed by atoms with E-state index < -0.39 is 22.1 Å². The number of rotatable bonds is 14. The Balaban J connectivity index is 0.000000163. The van der Waals surface area contributed by atoms with Gasteiger partial charge in [0.05, 0.1) is 32.6 Å². The van der Waals surface area contributed by atoms with Crippen molar-refractivity contribution in [2.75, 3.05) is 21.9 Å². The Morgan fingerprint density at radius 1 is 0.389 bits per heavy atom. The zero-order chi connectivity index (χ0) is 78.1. The molecule has 0 N–H and O–H groups in total. The van der Waals surface area contributed by atoms with Crippen LogP contribution in [0.3, 0.4) is 0 Å². The van der Waals surface area contributed by atoms with E-state index in [1.807, 2.05) is 59.9 Å². The van der Waals surface area contributed by atoms with E-state index in [0.29, 0.717) is 0 Å². The molecule has 9 heterocycles. The molecule has 0 bridgehead atoms. The number of para-hydroxylation sites is 6. The van der Waals surface area contributed by atoms with E-state index in [-0.39, 0.29) is 22.4 Å². The number of hydrogen-bond acceptors (Lipinski definition) is 14. The Hall–Kier alpha value is -8.92. The normalized spacial score (nSPS) is 12.8.